The Labute approximate surface area is 129 Å². The lowest BCUT2D eigenvalue weighted by atomic mass is 10.3. The molecular weight excluding hydrogens is 282 g/mol. The van der Waals surface area contributed by atoms with E-state index >= 15 is 0 Å². The molecule has 22 heavy (non-hydrogen) atoms. The maximum absolute atomic E-state index is 10.7. The number of amides is 1. The van der Waals surface area contributed by atoms with Crippen molar-refractivity contribution in [2.75, 3.05) is 30.8 Å². The summed E-state index contributed by atoms with van der Waals surface area (Å²) in [5, 5.41) is 8.82. The molecule has 1 aromatic heterocycles. The molecule has 0 radical (unpaired) electrons. The Bertz CT molecular complexity index is 616. The number of hydrogen-bond acceptors (Lipinski definition) is 6. The van der Waals surface area contributed by atoms with Gasteiger partial charge in [-0.25, -0.2) is 9.97 Å². The van der Waals surface area contributed by atoms with Crippen LogP contribution in [0.25, 0.3) is 0 Å². The van der Waals surface area contributed by atoms with Gasteiger partial charge in [-0.3, -0.25) is 4.79 Å². The Hall–Kier alpha value is -2.83. The highest BCUT2D eigenvalue weighted by molar-refractivity contribution is 5.72. The first-order valence-electron chi connectivity index (χ1n) is 6.91. The average molecular weight is 301 g/mol. The molecule has 0 fully saturated rings. The van der Waals surface area contributed by atoms with Gasteiger partial charge in [-0.1, -0.05) is 0 Å². The van der Waals surface area contributed by atoms with E-state index in [1.165, 1.54) is 13.3 Å². The molecule has 0 saturated carbocycles. The van der Waals surface area contributed by atoms with Crippen LogP contribution in [0.4, 0.5) is 17.3 Å². The van der Waals surface area contributed by atoms with Gasteiger partial charge in [0, 0.05) is 25.7 Å². The van der Waals surface area contributed by atoms with Gasteiger partial charge in [0.2, 0.25) is 5.91 Å². The van der Waals surface area contributed by atoms with Crippen LogP contribution in [0.15, 0.2) is 36.7 Å². The third kappa shape index (κ3) is 4.93. The molecule has 0 aliphatic rings. The maximum Gasteiger partial charge on any atom is 0.216 e. The summed E-state index contributed by atoms with van der Waals surface area (Å²) in [7, 11) is 1.80. The largest absolute Gasteiger partial charge is 0.492 e. The van der Waals surface area contributed by atoms with Crippen LogP contribution in [0.1, 0.15) is 6.92 Å². The number of carbonyl (C=O) groups is 1. The summed E-state index contributed by atoms with van der Waals surface area (Å²) in [6, 6.07) is 9.33. The van der Waals surface area contributed by atoms with E-state index in [4.69, 9.17) is 4.74 Å². The van der Waals surface area contributed by atoms with Gasteiger partial charge in [-0.15, -0.1) is 0 Å². The Morgan fingerprint density at radius 3 is 2.59 bits per heavy atom. The predicted molar refractivity (Wildman–Crippen MR) is 85.5 cm³/mol. The van der Waals surface area contributed by atoms with Crippen LogP contribution in [-0.2, 0) is 4.79 Å². The molecule has 1 aromatic carbocycles. The summed E-state index contributed by atoms with van der Waals surface area (Å²) in [5.41, 5.74) is 0.898. The zero-order valence-electron chi connectivity index (χ0n) is 12.6. The molecule has 116 valence electrons. The second-order valence-electron chi connectivity index (χ2n) is 4.52. The molecule has 0 unspecified atom stereocenters. The SMILES string of the molecule is CNc1cc(Nc2ccc(OCCNC(C)=O)cc2)ncn1. The zero-order valence-corrected chi connectivity index (χ0v) is 12.6. The molecule has 7 nitrogen and oxygen atoms in total. The smallest absolute Gasteiger partial charge is 0.216 e. The van der Waals surface area contributed by atoms with E-state index in [2.05, 4.69) is 25.9 Å². The van der Waals surface area contributed by atoms with Crippen LogP contribution in [-0.4, -0.2) is 36.1 Å². The minimum Gasteiger partial charge on any atom is -0.492 e. The third-order valence-corrected chi connectivity index (χ3v) is 2.79. The summed E-state index contributed by atoms with van der Waals surface area (Å²) in [5.74, 6) is 2.14. The quantitative estimate of drug-likeness (QED) is 0.676. The van der Waals surface area contributed by atoms with Crippen molar-refractivity contribution in [2.45, 2.75) is 6.92 Å². The number of benzene rings is 1. The molecule has 3 N–H and O–H groups in total. The van der Waals surface area contributed by atoms with E-state index in [-0.39, 0.29) is 5.91 Å². The van der Waals surface area contributed by atoms with Gasteiger partial charge in [0.05, 0.1) is 6.54 Å². The number of ether oxygens (including phenoxy) is 1. The number of hydrogen-bond donors (Lipinski definition) is 3. The monoisotopic (exact) mass is 301 g/mol. The number of carbonyl (C=O) groups excluding carboxylic acids is 1. The van der Waals surface area contributed by atoms with Gasteiger partial charge in [-0.2, -0.15) is 0 Å². The van der Waals surface area contributed by atoms with Gasteiger partial charge in [-0.05, 0) is 24.3 Å². The zero-order chi connectivity index (χ0) is 15.8. The van der Waals surface area contributed by atoms with Crippen molar-refractivity contribution in [3.8, 4) is 5.75 Å². The first-order chi connectivity index (χ1) is 10.7. The van der Waals surface area contributed by atoms with Gasteiger partial charge >= 0.3 is 0 Å². The van der Waals surface area contributed by atoms with Gasteiger partial charge in [0.15, 0.2) is 0 Å². The van der Waals surface area contributed by atoms with E-state index in [0.29, 0.717) is 19.0 Å². The van der Waals surface area contributed by atoms with Crippen molar-refractivity contribution >= 4 is 23.2 Å². The van der Waals surface area contributed by atoms with Crippen LogP contribution in [0.5, 0.6) is 5.75 Å². The standard InChI is InChI=1S/C15H19N5O2/c1-11(21)17-7-8-22-13-5-3-12(4-6-13)20-15-9-14(16-2)18-10-19-15/h3-6,9-10H,7-8H2,1-2H3,(H,17,21)(H2,16,18,19,20). The normalized spacial score (nSPS) is 9.91. The van der Waals surface area contributed by atoms with Crippen molar-refractivity contribution < 1.29 is 9.53 Å². The summed E-state index contributed by atoms with van der Waals surface area (Å²) < 4.78 is 5.52. The number of anilines is 3. The summed E-state index contributed by atoms with van der Waals surface area (Å²) in [6.45, 7) is 2.40. The van der Waals surface area contributed by atoms with E-state index in [1.807, 2.05) is 30.3 Å². The van der Waals surface area contributed by atoms with Gasteiger partial charge < -0.3 is 20.7 Å². The highest BCUT2D eigenvalue weighted by atomic mass is 16.5. The molecule has 2 rings (SSSR count). The fourth-order valence-electron chi connectivity index (χ4n) is 1.74. The van der Waals surface area contributed by atoms with Crippen LogP contribution >= 0.6 is 0 Å². The first-order valence-corrected chi connectivity index (χ1v) is 6.91. The Kier molecular flexibility index (Phi) is 5.53. The molecule has 0 aliphatic carbocycles. The summed E-state index contributed by atoms with van der Waals surface area (Å²) in [4.78, 5) is 18.9. The van der Waals surface area contributed by atoms with Crippen LogP contribution in [0.3, 0.4) is 0 Å². The minimum atomic E-state index is -0.0612. The van der Waals surface area contributed by atoms with Gasteiger partial charge in [0.25, 0.3) is 0 Å². The number of rotatable bonds is 7. The molecule has 0 bridgehead atoms. The molecule has 2 aromatic rings. The first kappa shape index (κ1) is 15.6. The minimum absolute atomic E-state index is 0.0612. The maximum atomic E-state index is 10.7. The van der Waals surface area contributed by atoms with E-state index in [1.54, 1.807) is 7.05 Å². The number of nitrogens with one attached hydrogen (secondary N) is 3. The molecule has 0 spiro atoms. The van der Waals surface area contributed by atoms with Crippen molar-refractivity contribution in [1.82, 2.24) is 15.3 Å². The van der Waals surface area contributed by atoms with Crippen LogP contribution in [0.2, 0.25) is 0 Å². The predicted octanol–water partition coefficient (Wildman–Crippen LogP) is 1.78. The van der Waals surface area contributed by atoms with E-state index in [0.717, 1.165) is 17.3 Å². The summed E-state index contributed by atoms with van der Waals surface area (Å²) in [6.07, 6.45) is 1.49. The summed E-state index contributed by atoms with van der Waals surface area (Å²) >= 11 is 0. The number of nitrogens with zero attached hydrogens (tertiary/aromatic N) is 2. The fourth-order valence-corrected chi connectivity index (χ4v) is 1.74. The van der Waals surface area contributed by atoms with Gasteiger partial charge in [0.1, 0.15) is 30.3 Å². The molecule has 1 heterocycles. The third-order valence-electron chi connectivity index (χ3n) is 2.79. The van der Waals surface area contributed by atoms with Crippen LogP contribution < -0.4 is 20.7 Å². The van der Waals surface area contributed by atoms with Crippen molar-refractivity contribution in [3.63, 3.8) is 0 Å². The Morgan fingerprint density at radius 2 is 1.91 bits per heavy atom. The van der Waals surface area contributed by atoms with Crippen molar-refractivity contribution in [1.29, 1.82) is 0 Å². The molecular formula is C15H19N5O2. The lowest BCUT2D eigenvalue weighted by Crippen LogP contribution is -2.25. The van der Waals surface area contributed by atoms with Crippen molar-refractivity contribution in [2.24, 2.45) is 0 Å². The van der Waals surface area contributed by atoms with E-state index < -0.39 is 0 Å². The molecule has 7 heteroatoms. The highest BCUT2D eigenvalue weighted by Crippen LogP contribution is 2.19. The second-order valence-corrected chi connectivity index (χ2v) is 4.52. The van der Waals surface area contributed by atoms with Crippen molar-refractivity contribution in [3.05, 3.63) is 36.7 Å². The topological polar surface area (TPSA) is 88.2 Å². The Morgan fingerprint density at radius 1 is 1.18 bits per heavy atom. The molecule has 1 amide bonds. The lowest BCUT2D eigenvalue weighted by Gasteiger charge is -2.09. The Balaban J connectivity index is 1.87. The average Bonchev–Trinajstić information content (AvgIpc) is 2.53. The highest BCUT2D eigenvalue weighted by Gasteiger charge is 2.00. The van der Waals surface area contributed by atoms with E-state index in [9.17, 15) is 4.79 Å². The fraction of sp³-hybridized carbons (Fsp3) is 0.267. The molecule has 0 aliphatic heterocycles. The lowest BCUT2D eigenvalue weighted by molar-refractivity contribution is -0.119. The molecule has 0 saturated heterocycles. The number of aromatic nitrogens is 2. The second kappa shape index (κ2) is 7.82. The van der Waals surface area contributed by atoms with Crippen LogP contribution in [0, 0.1) is 0 Å². The molecule has 0 atom stereocenters.